The van der Waals surface area contributed by atoms with E-state index in [0.717, 1.165) is 11.6 Å². The van der Waals surface area contributed by atoms with Crippen LogP contribution in [0, 0.1) is 6.92 Å². The third-order valence-electron chi connectivity index (χ3n) is 5.19. The Balaban J connectivity index is 1.65. The van der Waals surface area contributed by atoms with Crippen LogP contribution in [0.25, 0.3) is 26.8 Å². The minimum Gasteiger partial charge on any atom is -0.493 e. The van der Waals surface area contributed by atoms with Crippen LogP contribution in [0.4, 0.5) is 19.0 Å². The monoisotopic (exact) mass is 506 g/mol. The Morgan fingerprint density at radius 2 is 1.94 bits per heavy atom. The van der Waals surface area contributed by atoms with Gasteiger partial charge in [0.15, 0.2) is 18.1 Å². The summed E-state index contributed by atoms with van der Waals surface area (Å²) in [5.74, 6) is 0.0458. The number of imidazole rings is 1. The van der Waals surface area contributed by atoms with Gasteiger partial charge in [-0.1, -0.05) is 11.3 Å². The van der Waals surface area contributed by atoms with Gasteiger partial charge in [-0.25, -0.2) is 14.5 Å². The number of nitrogen functional groups attached to an aromatic ring is 1. The van der Waals surface area contributed by atoms with Crippen molar-refractivity contribution < 1.29 is 27.4 Å². The minimum absolute atomic E-state index is 0.133. The van der Waals surface area contributed by atoms with E-state index >= 15 is 0 Å². The van der Waals surface area contributed by atoms with Crippen molar-refractivity contribution in [3.05, 3.63) is 41.7 Å². The number of halogens is 3. The first-order valence-corrected chi connectivity index (χ1v) is 11.0. The number of carbonyl (C=O) groups excluding carboxylic acids is 1. The third-order valence-corrected chi connectivity index (χ3v) is 6.14. The van der Waals surface area contributed by atoms with Crippen LogP contribution in [0.2, 0.25) is 0 Å². The number of hydrogen-bond acceptors (Lipinski definition) is 8. The number of fused-ring (bicyclic) bond motifs is 1. The number of aromatic nitrogens is 4. The highest BCUT2D eigenvalue weighted by Gasteiger charge is 2.34. The van der Waals surface area contributed by atoms with E-state index in [1.165, 1.54) is 29.5 Å². The van der Waals surface area contributed by atoms with Gasteiger partial charge in [-0.3, -0.25) is 4.79 Å². The Morgan fingerprint density at radius 1 is 1.20 bits per heavy atom. The predicted molar refractivity (Wildman–Crippen MR) is 124 cm³/mol. The lowest BCUT2D eigenvalue weighted by atomic mass is 10.1. The maximum Gasteiger partial charge on any atom is 0.419 e. The van der Waals surface area contributed by atoms with Crippen molar-refractivity contribution in [2.75, 3.05) is 33.5 Å². The molecule has 9 nitrogen and oxygen atoms in total. The summed E-state index contributed by atoms with van der Waals surface area (Å²) in [5, 5.41) is 5.18. The Hall–Kier alpha value is -3.87. The van der Waals surface area contributed by atoms with E-state index in [2.05, 4.69) is 15.1 Å². The van der Waals surface area contributed by atoms with E-state index in [0.29, 0.717) is 32.9 Å². The van der Waals surface area contributed by atoms with Gasteiger partial charge in [-0.2, -0.15) is 18.3 Å². The minimum atomic E-state index is -4.63. The van der Waals surface area contributed by atoms with Crippen molar-refractivity contribution in [1.29, 1.82) is 0 Å². The second kappa shape index (κ2) is 9.06. The number of methoxy groups -OCH3 is 1. The molecular formula is C22H21F3N6O3S. The molecule has 0 atom stereocenters. The summed E-state index contributed by atoms with van der Waals surface area (Å²) in [6.45, 7) is 1.58. The van der Waals surface area contributed by atoms with Gasteiger partial charge in [0.1, 0.15) is 10.8 Å². The summed E-state index contributed by atoms with van der Waals surface area (Å²) < 4.78 is 52.3. The number of nitrogens with two attached hydrogens (primary N) is 1. The Labute approximate surface area is 201 Å². The first-order chi connectivity index (χ1) is 16.5. The molecule has 0 saturated carbocycles. The molecule has 184 valence electrons. The number of rotatable bonds is 6. The zero-order valence-corrected chi connectivity index (χ0v) is 20.0. The van der Waals surface area contributed by atoms with Gasteiger partial charge in [0.05, 0.1) is 24.1 Å². The molecule has 0 radical (unpaired) electrons. The summed E-state index contributed by atoms with van der Waals surface area (Å²) in [4.78, 5) is 21.9. The molecule has 13 heteroatoms. The summed E-state index contributed by atoms with van der Waals surface area (Å²) in [5.41, 5.74) is 6.19. The molecule has 1 aromatic carbocycles. The van der Waals surface area contributed by atoms with Crippen molar-refractivity contribution in [2.24, 2.45) is 0 Å². The molecule has 3 heterocycles. The molecule has 0 unspecified atom stereocenters. The van der Waals surface area contributed by atoms with Gasteiger partial charge in [-0.05, 0) is 31.2 Å². The highest BCUT2D eigenvalue weighted by atomic mass is 32.1. The van der Waals surface area contributed by atoms with Gasteiger partial charge in [0.2, 0.25) is 4.96 Å². The highest BCUT2D eigenvalue weighted by Crippen LogP contribution is 2.38. The van der Waals surface area contributed by atoms with E-state index in [4.69, 9.17) is 15.2 Å². The second-order valence-corrected chi connectivity index (χ2v) is 8.70. The van der Waals surface area contributed by atoms with Crippen LogP contribution in [0.5, 0.6) is 11.5 Å². The van der Waals surface area contributed by atoms with Crippen molar-refractivity contribution in [1.82, 2.24) is 24.5 Å². The maximum absolute atomic E-state index is 13.2. The lowest BCUT2D eigenvalue weighted by molar-refractivity contribution is -0.137. The number of hydrogen-bond donors (Lipinski definition) is 1. The molecule has 4 rings (SSSR count). The van der Waals surface area contributed by atoms with Gasteiger partial charge >= 0.3 is 6.18 Å². The lowest BCUT2D eigenvalue weighted by Crippen LogP contribution is -2.27. The van der Waals surface area contributed by atoms with Gasteiger partial charge in [0, 0.05) is 31.4 Å². The van der Waals surface area contributed by atoms with Crippen LogP contribution in [0.3, 0.4) is 0 Å². The normalized spacial score (nSPS) is 11.6. The van der Waals surface area contributed by atoms with Crippen molar-refractivity contribution in [2.45, 2.75) is 13.1 Å². The summed E-state index contributed by atoms with van der Waals surface area (Å²) in [6.07, 6.45) is -3.37. The number of benzene rings is 1. The van der Waals surface area contributed by atoms with Crippen molar-refractivity contribution >= 4 is 28.0 Å². The highest BCUT2D eigenvalue weighted by molar-refractivity contribution is 7.19. The molecule has 0 fully saturated rings. The third kappa shape index (κ3) is 4.71. The topological polar surface area (TPSA) is 108 Å². The average molecular weight is 507 g/mol. The van der Waals surface area contributed by atoms with Crippen LogP contribution in [-0.4, -0.2) is 58.2 Å². The van der Waals surface area contributed by atoms with Crippen molar-refractivity contribution in [3.63, 3.8) is 0 Å². The predicted octanol–water partition coefficient (Wildman–Crippen LogP) is 3.90. The molecule has 0 spiro atoms. The fraction of sp³-hybridized carbons (Fsp3) is 0.273. The van der Waals surface area contributed by atoms with Crippen LogP contribution in [-0.2, 0) is 11.0 Å². The van der Waals surface area contributed by atoms with Crippen LogP contribution in [0.15, 0.2) is 30.5 Å². The van der Waals surface area contributed by atoms with E-state index < -0.39 is 17.6 Å². The van der Waals surface area contributed by atoms with Crippen LogP contribution < -0.4 is 15.2 Å². The first-order valence-electron chi connectivity index (χ1n) is 10.2. The largest absolute Gasteiger partial charge is 0.493 e. The Kier molecular flexibility index (Phi) is 6.28. The molecule has 0 aliphatic carbocycles. The first kappa shape index (κ1) is 24.3. The zero-order chi connectivity index (χ0) is 25.5. The average Bonchev–Trinajstić information content (AvgIpc) is 3.36. The van der Waals surface area contributed by atoms with Crippen LogP contribution >= 0.6 is 11.3 Å². The van der Waals surface area contributed by atoms with Gasteiger partial charge < -0.3 is 20.1 Å². The lowest BCUT2D eigenvalue weighted by Gasteiger charge is -2.14. The number of likely N-dealkylation sites (N-methyl/N-ethyl adjacent to an activating group) is 1. The van der Waals surface area contributed by atoms with E-state index in [-0.39, 0.29) is 18.1 Å². The molecule has 2 N–H and O–H groups in total. The molecule has 1 amide bonds. The number of aryl methyl sites for hydroxylation is 1. The molecular weight excluding hydrogens is 485 g/mol. The SMILES string of the molecule is COc1cc(-c2nn3c(C)c(-c4cnc(N)c(C(F)(F)F)c4)nc3s2)ccc1OCC(=O)N(C)C. The zero-order valence-electron chi connectivity index (χ0n) is 19.2. The quantitative estimate of drug-likeness (QED) is 0.423. The second-order valence-electron chi connectivity index (χ2n) is 7.74. The Bertz CT molecular complexity index is 1410. The van der Waals surface area contributed by atoms with Crippen LogP contribution in [0.1, 0.15) is 11.3 Å². The Morgan fingerprint density at radius 3 is 2.57 bits per heavy atom. The molecule has 0 saturated heterocycles. The van der Waals surface area contributed by atoms with Crippen molar-refractivity contribution in [3.8, 4) is 33.3 Å². The smallest absolute Gasteiger partial charge is 0.419 e. The van der Waals surface area contributed by atoms with E-state index in [1.54, 1.807) is 43.7 Å². The number of amides is 1. The summed E-state index contributed by atoms with van der Waals surface area (Å²) >= 11 is 1.26. The summed E-state index contributed by atoms with van der Waals surface area (Å²) in [7, 11) is 4.76. The maximum atomic E-state index is 13.2. The van der Waals surface area contributed by atoms with E-state index in [1.807, 2.05) is 0 Å². The molecule has 0 aliphatic heterocycles. The number of anilines is 1. The molecule has 4 aromatic rings. The number of ether oxygens (including phenoxy) is 2. The fourth-order valence-electron chi connectivity index (χ4n) is 3.26. The number of alkyl halides is 3. The molecule has 0 aliphatic rings. The number of nitrogens with zero attached hydrogens (tertiary/aromatic N) is 5. The molecule has 0 bridgehead atoms. The molecule has 3 aromatic heterocycles. The molecule has 35 heavy (non-hydrogen) atoms. The van der Waals surface area contributed by atoms with Gasteiger partial charge in [0.25, 0.3) is 5.91 Å². The fourth-order valence-corrected chi connectivity index (χ4v) is 4.20. The summed E-state index contributed by atoms with van der Waals surface area (Å²) in [6, 6.07) is 6.11. The number of pyridine rings is 1. The van der Waals surface area contributed by atoms with Gasteiger partial charge in [-0.15, -0.1) is 0 Å². The van der Waals surface area contributed by atoms with E-state index in [9.17, 15) is 18.0 Å². The number of carbonyl (C=O) groups is 1. The standard InChI is InChI=1S/C22H21F3N6O3S/c1-11-18(13-7-14(22(23,24)25)19(26)27-9-13)28-21-31(11)29-20(35-21)12-5-6-15(16(8-12)33-4)34-10-17(32)30(2)3/h5-9H,10H2,1-4H3,(H2,26,27).